The second kappa shape index (κ2) is 6.11. The van der Waals surface area contributed by atoms with E-state index in [0.717, 1.165) is 5.56 Å². The Morgan fingerprint density at radius 1 is 1.23 bits per heavy atom. The van der Waals surface area contributed by atoms with E-state index >= 15 is 0 Å². The minimum atomic E-state index is -0.445. The maximum absolute atomic E-state index is 14.7. The summed E-state index contributed by atoms with van der Waals surface area (Å²) in [4.78, 5) is 16.2. The highest BCUT2D eigenvalue weighted by Crippen LogP contribution is 2.33. The summed E-state index contributed by atoms with van der Waals surface area (Å²) in [5.41, 5.74) is 3.29. The normalized spacial score (nSPS) is 11.0. The molecule has 6 nitrogen and oxygen atoms in total. The molecule has 0 amide bonds. The van der Waals surface area contributed by atoms with E-state index in [1.165, 1.54) is 13.2 Å². The molecule has 0 atom stereocenters. The topological polar surface area (TPSA) is 61.4 Å². The first-order valence-corrected chi connectivity index (χ1v) is 7.92. The number of esters is 1. The molecule has 0 saturated heterocycles. The van der Waals surface area contributed by atoms with Gasteiger partial charge in [0.25, 0.3) is 0 Å². The average Bonchev–Trinajstić information content (AvgIpc) is 3.25. The summed E-state index contributed by atoms with van der Waals surface area (Å²) in [6.45, 7) is 0. The second-order valence-electron chi connectivity index (χ2n) is 5.86. The van der Waals surface area contributed by atoms with Gasteiger partial charge in [-0.3, -0.25) is 4.68 Å². The average molecular weight is 350 g/mol. The van der Waals surface area contributed by atoms with Crippen LogP contribution in [0.2, 0.25) is 0 Å². The Labute approximate surface area is 148 Å². The van der Waals surface area contributed by atoms with Crippen LogP contribution in [-0.2, 0) is 11.8 Å². The van der Waals surface area contributed by atoms with E-state index in [1.54, 1.807) is 45.9 Å². The first-order valence-electron chi connectivity index (χ1n) is 7.92. The van der Waals surface area contributed by atoms with E-state index in [-0.39, 0.29) is 5.82 Å². The molecule has 4 aromatic rings. The van der Waals surface area contributed by atoms with Crippen molar-refractivity contribution in [2.24, 2.45) is 7.05 Å². The van der Waals surface area contributed by atoms with Crippen molar-refractivity contribution < 1.29 is 13.9 Å². The van der Waals surface area contributed by atoms with Crippen LogP contribution >= 0.6 is 0 Å². The standard InChI is InChI=1S/C19H15FN4O2/c1-23-10-13(9-21-23)14-4-3-5-15(20)18(14)16-11-24-7-6-12(19(25)26-2)8-17(24)22-16/h3-11H,1-2H3. The summed E-state index contributed by atoms with van der Waals surface area (Å²) in [5, 5.41) is 4.16. The molecule has 0 fully saturated rings. The van der Waals surface area contributed by atoms with Crippen molar-refractivity contribution >= 4 is 11.6 Å². The van der Waals surface area contributed by atoms with Crippen LogP contribution in [0.15, 0.2) is 55.1 Å². The van der Waals surface area contributed by atoms with Crippen molar-refractivity contribution in [1.29, 1.82) is 0 Å². The Bertz CT molecular complexity index is 1130. The Hall–Kier alpha value is -3.48. The summed E-state index contributed by atoms with van der Waals surface area (Å²) < 4.78 is 22.8. The number of methoxy groups -OCH3 is 1. The third-order valence-corrected chi connectivity index (χ3v) is 4.17. The number of pyridine rings is 1. The Morgan fingerprint density at radius 2 is 2.08 bits per heavy atom. The summed E-state index contributed by atoms with van der Waals surface area (Å²) >= 11 is 0. The molecule has 0 aliphatic rings. The van der Waals surface area contributed by atoms with E-state index in [0.29, 0.717) is 28.0 Å². The highest BCUT2D eigenvalue weighted by atomic mass is 19.1. The maximum atomic E-state index is 14.7. The molecule has 0 bridgehead atoms. The third-order valence-electron chi connectivity index (χ3n) is 4.17. The molecular formula is C19H15FN4O2. The van der Waals surface area contributed by atoms with E-state index in [9.17, 15) is 9.18 Å². The summed E-state index contributed by atoms with van der Waals surface area (Å²) in [5.74, 6) is -0.818. The van der Waals surface area contributed by atoms with E-state index < -0.39 is 5.97 Å². The van der Waals surface area contributed by atoms with Gasteiger partial charge in [0.05, 0.1) is 24.6 Å². The Kier molecular flexibility index (Phi) is 3.76. The molecular weight excluding hydrogens is 335 g/mol. The van der Waals surface area contributed by atoms with Crippen LogP contribution in [0, 0.1) is 5.82 Å². The molecule has 26 heavy (non-hydrogen) atoms. The van der Waals surface area contributed by atoms with Crippen LogP contribution in [0.25, 0.3) is 28.0 Å². The number of hydrogen-bond donors (Lipinski definition) is 0. The number of benzene rings is 1. The van der Waals surface area contributed by atoms with Crippen LogP contribution in [0.4, 0.5) is 4.39 Å². The molecule has 0 unspecified atom stereocenters. The fourth-order valence-corrected chi connectivity index (χ4v) is 2.93. The number of hydrogen-bond acceptors (Lipinski definition) is 4. The number of carbonyl (C=O) groups excluding carboxylic acids is 1. The zero-order valence-electron chi connectivity index (χ0n) is 14.2. The highest BCUT2D eigenvalue weighted by molar-refractivity contribution is 5.90. The molecule has 130 valence electrons. The first kappa shape index (κ1) is 16.0. The van der Waals surface area contributed by atoms with Gasteiger partial charge in [0.15, 0.2) is 0 Å². The number of aryl methyl sites for hydroxylation is 1. The van der Waals surface area contributed by atoms with Crippen molar-refractivity contribution in [2.45, 2.75) is 0 Å². The molecule has 0 radical (unpaired) electrons. The second-order valence-corrected chi connectivity index (χ2v) is 5.86. The van der Waals surface area contributed by atoms with Crippen molar-refractivity contribution in [3.63, 3.8) is 0 Å². The lowest BCUT2D eigenvalue weighted by atomic mass is 10.00. The molecule has 0 spiro atoms. The number of aromatic nitrogens is 4. The molecule has 0 N–H and O–H groups in total. The van der Waals surface area contributed by atoms with E-state index in [2.05, 4.69) is 10.1 Å². The third kappa shape index (κ3) is 2.63. The molecule has 1 aromatic carbocycles. The number of nitrogens with zero attached hydrogens (tertiary/aromatic N) is 4. The monoisotopic (exact) mass is 350 g/mol. The SMILES string of the molecule is COC(=O)c1ccn2cc(-c3c(F)cccc3-c3cnn(C)c3)nc2c1. The minimum Gasteiger partial charge on any atom is -0.465 e. The number of halogens is 1. The number of imidazole rings is 1. The first-order chi connectivity index (χ1) is 12.6. The van der Waals surface area contributed by atoms with Crippen LogP contribution < -0.4 is 0 Å². The van der Waals surface area contributed by atoms with Gasteiger partial charge in [0.2, 0.25) is 0 Å². The van der Waals surface area contributed by atoms with Crippen LogP contribution in [0.3, 0.4) is 0 Å². The maximum Gasteiger partial charge on any atom is 0.338 e. The van der Waals surface area contributed by atoms with Gasteiger partial charge in [-0.1, -0.05) is 12.1 Å². The van der Waals surface area contributed by atoms with Gasteiger partial charge in [-0.25, -0.2) is 14.2 Å². The molecule has 0 aliphatic heterocycles. The van der Waals surface area contributed by atoms with Crippen molar-refractivity contribution in [1.82, 2.24) is 19.2 Å². The largest absolute Gasteiger partial charge is 0.465 e. The van der Waals surface area contributed by atoms with Crippen LogP contribution in [-0.4, -0.2) is 32.2 Å². The van der Waals surface area contributed by atoms with Gasteiger partial charge < -0.3 is 9.14 Å². The fraction of sp³-hybridized carbons (Fsp3) is 0.105. The highest BCUT2D eigenvalue weighted by Gasteiger charge is 2.17. The fourth-order valence-electron chi connectivity index (χ4n) is 2.93. The summed E-state index contributed by atoms with van der Waals surface area (Å²) in [6.07, 6.45) is 6.93. The lowest BCUT2D eigenvalue weighted by Gasteiger charge is -2.06. The van der Waals surface area contributed by atoms with Crippen molar-refractivity contribution in [2.75, 3.05) is 7.11 Å². The molecule has 7 heteroatoms. The number of fused-ring (bicyclic) bond motifs is 1. The molecule has 3 aromatic heterocycles. The quantitative estimate of drug-likeness (QED) is 0.532. The van der Waals surface area contributed by atoms with Crippen molar-refractivity contribution in [3.05, 3.63) is 66.5 Å². The molecule has 4 rings (SSSR count). The molecule has 0 aliphatic carbocycles. The van der Waals surface area contributed by atoms with Crippen molar-refractivity contribution in [3.8, 4) is 22.4 Å². The van der Waals surface area contributed by atoms with E-state index in [1.807, 2.05) is 19.3 Å². The Balaban J connectivity index is 1.89. The zero-order valence-corrected chi connectivity index (χ0v) is 14.2. The van der Waals surface area contributed by atoms with Crippen LogP contribution in [0.5, 0.6) is 0 Å². The van der Waals surface area contributed by atoms with Gasteiger partial charge in [-0.15, -0.1) is 0 Å². The van der Waals surface area contributed by atoms with Gasteiger partial charge in [0.1, 0.15) is 11.5 Å². The lowest BCUT2D eigenvalue weighted by Crippen LogP contribution is -2.01. The van der Waals surface area contributed by atoms with Gasteiger partial charge in [-0.2, -0.15) is 5.10 Å². The predicted molar refractivity (Wildman–Crippen MR) is 94.1 cm³/mol. The van der Waals surface area contributed by atoms with Gasteiger partial charge in [0, 0.05) is 36.8 Å². The number of rotatable bonds is 3. The number of ether oxygens (including phenoxy) is 1. The molecule has 0 saturated carbocycles. The summed E-state index contributed by atoms with van der Waals surface area (Å²) in [7, 11) is 3.13. The smallest absolute Gasteiger partial charge is 0.338 e. The predicted octanol–water partition coefficient (Wildman–Crippen LogP) is 3.33. The minimum absolute atomic E-state index is 0.372. The van der Waals surface area contributed by atoms with Gasteiger partial charge in [-0.05, 0) is 23.8 Å². The summed E-state index contributed by atoms with van der Waals surface area (Å²) in [6, 6.07) is 8.14. The Morgan fingerprint density at radius 3 is 2.81 bits per heavy atom. The van der Waals surface area contributed by atoms with Crippen LogP contribution in [0.1, 0.15) is 10.4 Å². The van der Waals surface area contributed by atoms with Gasteiger partial charge >= 0.3 is 5.97 Å². The zero-order chi connectivity index (χ0) is 18.3. The lowest BCUT2D eigenvalue weighted by molar-refractivity contribution is 0.0600. The van der Waals surface area contributed by atoms with E-state index in [4.69, 9.17) is 4.74 Å². The molecule has 3 heterocycles. The number of carbonyl (C=O) groups is 1.